The van der Waals surface area contributed by atoms with Gasteiger partial charge in [-0.2, -0.15) is 0 Å². The average molecular weight is 1730 g/mol. The normalized spacial score (nSPS) is 20.0. The van der Waals surface area contributed by atoms with E-state index < -0.39 is 321 Å². The lowest BCUT2D eigenvalue weighted by Crippen LogP contribution is -2.48. The predicted molar refractivity (Wildman–Crippen MR) is 362 cm³/mol. The molecule has 0 radical (unpaired) electrons. The Morgan fingerprint density at radius 2 is 0.331 bits per heavy atom. The number of carbonyl (C=O) groups is 24. The molecule has 8 rings (SSSR count). The van der Waals surface area contributed by atoms with Crippen LogP contribution in [0, 0.1) is 10.8 Å². The summed E-state index contributed by atoms with van der Waals surface area (Å²) in [5, 5.41) is 0.713. The van der Waals surface area contributed by atoms with Crippen LogP contribution in [-0.2, 0) is 177 Å². The molecule has 0 spiro atoms. The lowest BCUT2D eigenvalue weighted by molar-refractivity contribution is -0.194. The molecule has 0 saturated carbocycles. The van der Waals surface area contributed by atoms with Gasteiger partial charge in [0.1, 0.15) is 26.4 Å². The van der Waals surface area contributed by atoms with Crippen molar-refractivity contribution < 1.29 is 215 Å². The Morgan fingerprint density at radius 3 is 0.463 bits per heavy atom. The number of hydrogen-bond acceptors (Lipinski definition) is 45. The molecule has 121 heavy (non-hydrogen) atoms. The fourth-order valence-electron chi connectivity index (χ4n) is 11.4. The summed E-state index contributed by atoms with van der Waals surface area (Å²) in [6.45, 7) is -5.54. The van der Waals surface area contributed by atoms with Crippen LogP contribution in [0.15, 0.2) is 0 Å². The summed E-state index contributed by atoms with van der Waals surface area (Å²) in [7, 11) is 0. The van der Waals surface area contributed by atoms with Crippen LogP contribution in [-0.4, -0.2) is 299 Å². The molecule has 0 aromatic heterocycles. The Hall–Kier alpha value is -12.9. The molecule has 16 amide bonds. The smallest absolute Gasteiger partial charge is 0.428 e. The number of nitrogens with zero attached hydrogens (tertiary/aromatic N) is 8. The molecule has 0 bridgehead atoms. The molecule has 0 N–H and O–H groups in total. The number of amides is 16. The van der Waals surface area contributed by atoms with Crippen molar-refractivity contribution in [2.24, 2.45) is 10.8 Å². The van der Waals surface area contributed by atoms with Crippen LogP contribution in [0.4, 0.5) is 38.4 Å². The molecule has 4 atom stereocenters. The van der Waals surface area contributed by atoms with Crippen LogP contribution in [0.25, 0.3) is 0 Å². The Bertz CT molecular complexity index is 3540. The summed E-state index contributed by atoms with van der Waals surface area (Å²) < 4.78 is 74.1. The maximum absolute atomic E-state index is 13.5. The van der Waals surface area contributed by atoms with Crippen LogP contribution in [0.1, 0.15) is 157 Å². The van der Waals surface area contributed by atoms with E-state index in [0.717, 1.165) is 27.7 Å². The van der Waals surface area contributed by atoms with Crippen molar-refractivity contribution in [3.05, 3.63) is 0 Å². The first-order chi connectivity index (χ1) is 57.0. The number of hydroxylamine groups is 16. The molecule has 8 aliphatic heterocycles. The zero-order chi connectivity index (χ0) is 89.0. The van der Waals surface area contributed by atoms with Crippen LogP contribution in [0.2, 0.25) is 0 Å². The summed E-state index contributed by atoms with van der Waals surface area (Å²) in [5.41, 5.74) is -12.9. The second-order valence-electron chi connectivity index (χ2n) is 28.9. The van der Waals surface area contributed by atoms with Crippen LogP contribution in [0.3, 0.4) is 0 Å². The minimum atomic E-state index is -2.35. The zero-order valence-corrected chi connectivity index (χ0v) is 65.6. The Labute approximate surface area is 680 Å². The molecule has 0 aromatic rings. The fraction of sp³-hybridized carbons (Fsp3) is 0.647. The summed E-state index contributed by atoms with van der Waals surface area (Å²) in [6, 6.07) is 0. The SMILES string of the molecule is CCC(COCC(CC)(COCC(C)(COC(=O)ON1C(=O)CCC1=O)OC(=O)ON1C(=O)CCC1=O)COCC(C)(COC(=O)ON1C(=O)CCC1=O)OC(=O)ON1C(=O)CCC1=O)(COCC(C)(COC(=O)ON1C(=O)CCC1=O)OC(=O)ON1C(=O)CCC1=O)COCC(C)(COC(=O)ON1C(=O)CCC1=O)OC(=O)ON1C(=O)CCC1=O. The molecule has 0 aromatic carbocycles. The highest BCUT2D eigenvalue weighted by atomic mass is 16.9. The van der Waals surface area contributed by atoms with Gasteiger partial charge in [0.25, 0.3) is 94.5 Å². The van der Waals surface area contributed by atoms with Gasteiger partial charge in [0.05, 0.1) is 66.1 Å². The van der Waals surface area contributed by atoms with Gasteiger partial charge in [-0.1, -0.05) is 54.4 Å². The minimum absolute atomic E-state index is 0.0802. The lowest BCUT2D eigenvalue weighted by Gasteiger charge is -2.38. The molecular weight excluding hydrogens is 1650 g/mol. The monoisotopic (exact) mass is 1730 g/mol. The number of carbonyl (C=O) groups excluding carboxylic acids is 24. The highest BCUT2D eigenvalue weighted by Crippen LogP contribution is 2.33. The van der Waals surface area contributed by atoms with Crippen LogP contribution in [0.5, 0.6) is 0 Å². The molecule has 8 saturated heterocycles. The second-order valence-corrected chi connectivity index (χ2v) is 28.9. The van der Waals surface area contributed by atoms with Gasteiger partial charge in [-0.15, -0.1) is 0 Å². The molecule has 4 unspecified atom stereocenters. The van der Waals surface area contributed by atoms with Gasteiger partial charge in [-0.25, -0.2) is 38.4 Å². The second kappa shape index (κ2) is 40.7. The molecule has 8 fully saturated rings. The van der Waals surface area contributed by atoms with E-state index in [-0.39, 0.29) is 105 Å². The van der Waals surface area contributed by atoms with Gasteiger partial charge >= 0.3 is 49.2 Å². The maximum Gasteiger partial charge on any atom is 0.534 e. The third kappa shape index (κ3) is 26.0. The molecule has 664 valence electrons. The summed E-state index contributed by atoms with van der Waals surface area (Å²) in [5.74, 6) is -15.5. The van der Waals surface area contributed by atoms with Crippen LogP contribution >= 0.6 is 0 Å². The maximum atomic E-state index is 13.5. The summed E-state index contributed by atoms with van der Waals surface area (Å²) in [6.07, 6.45) is -20.6. The van der Waals surface area contributed by atoms with E-state index >= 15 is 0 Å². The standard InChI is InChI=1S/C68H82N8O45/c1-7-67(33-101-25-63(3,110-59(97)118-73-47(85)17-18-48(73)86)29-106-55(93)114-69-39(77)9-10-40(69)78,34-102-26-64(4,111-60(98)119-74-49(87)19-20-50(74)88)30-107-56(94)115-70-41(79)11-12-42(70)80)37-105-38-68(8-2,35-103-27-65(5,112-61(99)120-75-51(89)21-22-52(75)90)31-108-57(95)116-71-43(81)13-14-44(71)82)36-104-28-66(6,113-62(100)121-76-53(91)23-24-54(76)92)32-109-58(96)117-72-45(83)15-16-46(72)84/h7-38H2,1-6H3. The Balaban J connectivity index is 1.13. The Kier molecular flexibility index (Phi) is 31.5. The van der Waals surface area contributed by atoms with E-state index in [0.29, 0.717) is 0 Å². The molecule has 53 heteroatoms. The highest BCUT2D eigenvalue weighted by Gasteiger charge is 2.48. The minimum Gasteiger partial charge on any atom is -0.428 e. The number of imide groups is 8. The third-order valence-electron chi connectivity index (χ3n) is 18.3. The molecule has 8 aliphatic rings. The largest absolute Gasteiger partial charge is 0.534 e. The van der Waals surface area contributed by atoms with Gasteiger partial charge in [-0.3, -0.25) is 115 Å². The van der Waals surface area contributed by atoms with Crippen molar-refractivity contribution in [3.8, 4) is 0 Å². The number of ether oxygens (including phenoxy) is 13. The van der Waals surface area contributed by atoms with Crippen molar-refractivity contribution in [1.82, 2.24) is 40.5 Å². The van der Waals surface area contributed by atoms with E-state index in [2.05, 4.69) is 0 Å². The number of rotatable bonds is 42. The van der Waals surface area contributed by atoms with E-state index in [1.165, 1.54) is 13.8 Å². The van der Waals surface area contributed by atoms with E-state index in [1.807, 2.05) is 0 Å². The molecular formula is C68H82N8O45. The quantitative estimate of drug-likeness (QED) is 0.0459. The van der Waals surface area contributed by atoms with Gasteiger partial charge < -0.3 is 61.6 Å². The third-order valence-corrected chi connectivity index (χ3v) is 18.3. The van der Waals surface area contributed by atoms with Gasteiger partial charge in [-0.05, 0) is 40.5 Å². The van der Waals surface area contributed by atoms with E-state index in [9.17, 15) is 115 Å². The average Bonchev–Trinajstić information content (AvgIpc) is 0.891. The first-order valence-corrected chi connectivity index (χ1v) is 36.8. The first-order valence-electron chi connectivity index (χ1n) is 36.8. The predicted octanol–water partition coefficient (Wildman–Crippen LogP) is 0.635. The highest BCUT2D eigenvalue weighted by molar-refractivity contribution is 6.05. The van der Waals surface area contributed by atoms with Gasteiger partial charge in [0.15, 0.2) is 22.4 Å². The van der Waals surface area contributed by atoms with Crippen molar-refractivity contribution in [2.75, 3.05) is 92.5 Å². The Morgan fingerprint density at radius 1 is 0.207 bits per heavy atom. The van der Waals surface area contributed by atoms with Crippen molar-refractivity contribution in [1.29, 1.82) is 0 Å². The zero-order valence-electron chi connectivity index (χ0n) is 65.6. The van der Waals surface area contributed by atoms with Crippen molar-refractivity contribution >= 4 is 144 Å². The fourth-order valence-corrected chi connectivity index (χ4v) is 11.4. The van der Waals surface area contributed by atoms with Gasteiger partial charge in [0, 0.05) is 114 Å². The van der Waals surface area contributed by atoms with Crippen LogP contribution < -0.4 is 0 Å². The van der Waals surface area contributed by atoms with Gasteiger partial charge in [0.2, 0.25) is 0 Å². The van der Waals surface area contributed by atoms with Crippen molar-refractivity contribution in [2.45, 2.75) is 180 Å². The molecule has 53 nitrogen and oxygen atoms in total. The molecule has 8 heterocycles. The molecule has 0 aliphatic carbocycles. The van der Waals surface area contributed by atoms with Crippen molar-refractivity contribution in [3.63, 3.8) is 0 Å². The lowest BCUT2D eigenvalue weighted by atomic mass is 9.86. The summed E-state index contributed by atoms with van der Waals surface area (Å²) >= 11 is 0. The van der Waals surface area contributed by atoms with E-state index in [1.54, 1.807) is 0 Å². The van der Waals surface area contributed by atoms with E-state index in [4.69, 9.17) is 100 Å². The first kappa shape index (κ1) is 93.6. The summed E-state index contributed by atoms with van der Waals surface area (Å²) in [4.78, 5) is 345. The number of hydrogen-bond donors (Lipinski definition) is 0. The topological polar surface area (TPSA) is 629 Å².